The molecule has 0 bridgehead atoms. The zero-order valence-electron chi connectivity index (χ0n) is 12.8. The first kappa shape index (κ1) is 16.7. The molecule has 122 valence electrons. The summed E-state index contributed by atoms with van der Waals surface area (Å²) in [7, 11) is 0. The fourth-order valence-corrected chi connectivity index (χ4v) is 3.22. The van der Waals surface area contributed by atoms with Crippen LogP contribution >= 0.6 is 23.4 Å². The molecule has 5 nitrogen and oxygen atoms in total. The van der Waals surface area contributed by atoms with E-state index in [4.69, 9.17) is 11.6 Å². The Morgan fingerprint density at radius 3 is 2.75 bits per heavy atom. The fraction of sp³-hybridized carbons (Fsp3) is 0.176. The molecule has 0 N–H and O–H groups in total. The van der Waals surface area contributed by atoms with E-state index in [1.807, 2.05) is 42.5 Å². The van der Waals surface area contributed by atoms with Crippen LogP contribution in [0.2, 0.25) is 5.02 Å². The monoisotopic (exact) mass is 358 g/mol. The Morgan fingerprint density at radius 2 is 1.96 bits per heavy atom. The zero-order valence-corrected chi connectivity index (χ0v) is 14.4. The highest BCUT2D eigenvalue weighted by atomic mass is 35.5. The lowest BCUT2D eigenvalue weighted by atomic mass is 10.1. The van der Waals surface area contributed by atoms with Gasteiger partial charge in [-0.3, -0.25) is 4.79 Å². The van der Waals surface area contributed by atoms with E-state index >= 15 is 0 Å². The molecule has 0 saturated heterocycles. The van der Waals surface area contributed by atoms with E-state index in [-0.39, 0.29) is 5.78 Å². The van der Waals surface area contributed by atoms with Gasteiger partial charge >= 0.3 is 0 Å². The lowest BCUT2D eigenvalue weighted by Gasteiger charge is -2.04. The van der Waals surface area contributed by atoms with Gasteiger partial charge in [0, 0.05) is 22.8 Å². The third-order valence-corrected chi connectivity index (χ3v) is 4.61. The van der Waals surface area contributed by atoms with Crippen LogP contribution < -0.4 is 0 Å². The molecule has 0 unspecified atom stereocenters. The molecule has 0 fully saturated rings. The quantitative estimate of drug-likeness (QED) is 0.362. The van der Waals surface area contributed by atoms with Crippen molar-refractivity contribution >= 4 is 29.1 Å². The molecule has 0 aliphatic heterocycles. The summed E-state index contributed by atoms with van der Waals surface area (Å²) < 4.78 is 1.65. The molecule has 3 aromatic rings. The molecule has 0 atom stereocenters. The molecule has 0 amide bonds. The van der Waals surface area contributed by atoms with Crippen molar-refractivity contribution in [2.75, 3.05) is 5.75 Å². The minimum absolute atomic E-state index is 0.158. The Bertz CT molecular complexity index is 822. The average Bonchev–Trinajstić information content (AvgIpc) is 3.08. The van der Waals surface area contributed by atoms with Gasteiger partial charge in [0.05, 0.1) is 5.69 Å². The number of thioether (sulfide) groups is 1. The van der Waals surface area contributed by atoms with E-state index in [9.17, 15) is 4.79 Å². The van der Waals surface area contributed by atoms with Gasteiger partial charge in [0.1, 0.15) is 0 Å². The lowest BCUT2D eigenvalue weighted by Crippen LogP contribution is -2.01. The van der Waals surface area contributed by atoms with Gasteiger partial charge in [0.15, 0.2) is 5.78 Å². The minimum Gasteiger partial charge on any atom is -0.294 e. The molecule has 3 rings (SSSR count). The summed E-state index contributed by atoms with van der Waals surface area (Å²) in [4.78, 5) is 12.1. The molecular formula is C17H15ClN4OS. The summed E-state index contributed by atoms with van der Waals surface area (Å²) in [6, 6.07) is 16.7. The zero-order chi connectivity index (χ0) is 16.8. The molecule has 1 heterocycles. The Balaban J connectivity index is 1.55. The summed E-state index contributed by atoms with van der Waals surface area (Å²) in [6.45, 7) is 0. The number of tetrazole rings is 1. The van der Waals surface area contributed by atoms with Crippen molar-refractivity contribution in [1.82, 2.24) is 20.2 Å². The van der Waals surface area contributed by atoms with Gasteiger partial charge in [0.25, 0.3) is 0 Å². The van der Waals surface area contributed by atoms with Crippen molar-refractivity contribution in [1.29, 1.82) is 0 Å². The van der Waals surface area contributed by atoms with Crippen LogP contribution in [0.25, 0.3) is 5.69 Å². The number of ketones is 1. The summed E-state index contributed by atoms with van der Waals surface area (Å²) in [5, 5.41) is 13.1. The predicted octanol–water partition coefficient (Wildman–Crippen LogP) is 4.07. The van der Waals surface area contributed by atoms with Crippen LogP contribution in [0.3, 0.4) is 0 Å². The maximum atomic E-state index is 12.1. The Hall–Kier alpha value is -2.18. The number of Topliss-reactive ketones (excluding diaryl/α,β-unsaturated/α-hetero) is 1. The Morgan fingerprint density at radius 1 is 1.12 bits per heavy atom. The van der Waals surface area contributed by atoms with E-state index in [0.29, 0.717) is 16.6 Å². The van der Waals surface area contributed by atoms with Crippen molar-refractivity contribution in [2.24, 2.45) is 0 Å². The van der Waals surface area contributed by atoms with Crippen molar-refractivity contribution in [3.05, 3.63) is 65.2 Å². The second-order valence-electron chi connectivity index (χ2n) is 5.09. The van der Waals surface area contributed by atoms with Gasteiger partial charge in [0.2, 0.25) is 5.16 Å². The number of rotatable bonds is 7. The normalized spacial score (nSPS) is 10.7. The topological polar surface area (TPSA) is 60.7 Å². The van der Waals surface area contributed by atoms with E-state index < -0.39 is 0 Å². The largest absolute Gasteiger partial charge is 0.294 e. The average molecular weight is 359 g/mol. The molecule has 0 saturated carbocycles. The molecule has 0 spiro atoms. The third kappa shape index (κ3) is 4.21. The Labute approximate surface area is 149 Å². The first-order valence-corrected chi connectivity index (χ1v) is 8.86. The number of benzene rings is 2. The van der Waals surface area contributed by atoms with Gasteiger partial charge in [-0.15, -0.1) is 5.10 Å². The van der Waals surface area contributed by atoms with Crippen LogP contribution in [-0.2, 0) is 0 Å². The highest BCUT2D eigenvalue weighted by Gasteiger charge is 2.10. The number of nitrogens with zero attached hydrogens (tertiary/aromatic N) is 4. The Kier molecular flexibility index (Phi) is 5.61. The summed E-state index contributed by atoms with van der Waals surface area (Å²) >= 11 is 7.53. The number of carbonyl (C=O) groups is 1. The summed E-state index contributed by atoms with van der Waals surface area (Å²) in [6.07, 6.45) is 1.27. The minimum atomic E-state index is 0.158. The van der Waals surface area contributed by atoms with Crippen molar-refractivity contribution in [2.45, 2.75) is 18.0 Å². The molecular weight excluding hydrogens is 344 g/mol. The first-order valence-electron chi connectivity index (χ1n) is 7.49. The van der Waals surface area contributed by atoms with Crippen LogP contribution in [0.15, 0.2) is 59.8 Å². The van der Waals surface area contributed by atoms with Crippen LogP contribution in [-0.4, -0.2) is 31.7 Å². The number of hydrogen-bond acceptors (Lipinski definition) is 5. The van der Waals surface area contributed by atoms with Gasteiger partial charge in [-0.1, -0.05) is 59.8 Å². The first-order chi connectivity index (χ1) is 11.7. The van der Waals surface area contributed by atoms with Gasteiger partial charge in [-0.2, -0.15) is 4.68 Å². The van der Waals surface area contributed by atoms with E-state index in [0.717, 1.165) is 23.4 Å². The highest BCUT2D eigenvalue weighted by molar-refractivity contribution is 7.99. The van der Waals surface area contributed by atoms with E-state index in [1.54, 1.807) is 16.8 Å². The predicted molar refractivity (Wildman–Crippen MR) is 94.9 cm³/mol. The molecule has 24 heavy (non-hydrogen) atoms. The van der Waals surface area contributed by atoms with Crippen LogP contribution in [0.1, 0.15) is 23.2 Å². The fourth-order valence-electron chi connectivity index (χ4n) is 2.20. The molecule has 0 aliphatic carbocycles. The molecule has 1 aromatic heterocycles. The van der Waals surface area contributed by atoms with Crippen molar-refractivity contribution in [3.63, 3.8) is 0 Å². The molecule has 0 aliphatic rings. The van der Waals surface area contributed by atoms with Crippen molar-refractivity contribution in [3.8, 4) is 5.69 Å². The van der Waals surface area contributed by atoms with Gasteiger partial charge in [-0.05, 0) is 35.0 Å². The van der Waals surface area contributed by atoms with E-state index in [2.05, 4.69) is 15.5 Å². The number of halogens is 1. The van der Waals surface area contributed by atoms with E-state index in [1.165, 1.54) is 11.8 Å². The van der Waals surface area contributed by atoms with Crippen LogP contribution in [0, 0.1) is 0 Å². The molecule has 7 heteroatoms. The van der Waals surface area contributed by atoms with Gasteiger partial charge < -0.3 is 0 Å². The number of aromatic nitrogens is 4. The van der Waals surface area contributed by atoms with Crippen molar-refractivity contribution < 1.29 is 4.79 Å². The summed E-state index contributed by atoms with van der Waals surface area (Å²) in [5.74, 6) is 0.921. The molecule has 0 radical (unpaired) electrons. The summed E-state index contributed by atoms with van der Waals surface area (Å²) in [5.41, 5.74) is 1.57. The third-order valence-electron chi connectivity index (χ3n) is 3.37. The maximum absolute atomic E-state index is 12.1. The number of hydrogen-bond donors (Lipinski definition) is 0. The standard InChI is InChI=1S/C17H15ClN4OS/c18-14-8-4-9-15(12-14)22-17(19-20-21-22)24-11-5-10-16(23)13-6-2-1-3-7-13/h1-4,6-9,12H,5,10-11H2. The number of carbonyl (C=O) groups excluding carboxylic acids is 1. The highest BCUT2D eigenvalue weighted by Crippen LogP contribution is 2.21. The SMILES string of the molecule is O=C(CCCSc1nnnn1-c1cccc(Cl)c1)c1ccccc1. The smallest absolute Gasteiger partial charge is 0.214 e. The van der Waals surface area contributed by atoms with Crippen LogP contribution in [0.5, 0.6) is 0 Å². The molecule has 2 aromatic carbocycles. The second-order valence-corrected chi connectivity index (χ2v) is 6.59. The van der Waals surface area contributed by atoms with Crippen LogP contribution in [0.4, 0.5) is 0 Å². The van der Waals surface area contributed by atoms with Gasteiger partial charge in [-0.25, -0.2) is 0 Å². The maximum Gasteiger partial charge on any atom is 0.214 e. The lowest BCUT2D eigenvalue weighted by molar-refractivity contribution is 0.0982. The second kappa shape index (κ2) is 8.08.